The molecule has 0 radical (unpaired) electrons. The largest absolute Gasteiger partial charge is 0.454 e. The van der Waals surface area contributed by atoms with Crippen LogP contribution in [-0.2, 0) is 6.54 Å². The number of fused-ring (bicyclic) bond motifs is 1. The van der Waals surface area contributed by atoms with E-state index in [2.05, 4.69) is 15.6 Å². The van der Waals surface area contributed by atoms with Gasteiger partial charge in [-0.25, -0.2) is 14.2 Å². The molecule has 4 rings (SSSR count). The summed E-state index contributed by atoms with van der Waals surface area (Å²) in [6.45, 7) is 2.34. The van der Waals surface area contributed by atoms with Gasteiger partial charge in [0.25, 0.3) is 5.91 Å². The number of aryl methyl sites for hydroxylation is 1. The fourth-order valence-electron chi connectivity index (χ4n) is 2.93. The fourth-order valence-corrected chi connectivity index (χ4v) is 3.78. The summed E-state index contributed by atoms with van der Waals surface area (Å²) in [5, 5.41) is 6.12. The van der Waals surface area contributed by atoms with Crippen molar-refractivity contribution in [1.29, 1.82) is 0 Å². The van der Waals surface area contributed by atoms with E-state index in [-0.39, 0.29) is 12.5 Å². The molecule has 0 fully saturated rings. The van der Waals surface area contributed by atoms with Gasteiger partial charge in [0.2, 0.25) is 6.79 Å². The Morgan fingerprint density at radius 2 is 1.97 bits per heavy atom. The number of nitrogens with zero attached hydrogens (tertiary/aromatic N) is 2. The minimum absolute atomic E-state index is 0.0409. The maximum atomic E-state index is 14.2. The molecule has 160 valence electrons. The zero-order chi connectivity index (χ0) is 22.0. The predicted octanol–water partition coefficient (Wildman–Crippen LogP) is 4.24. The van der Waals surface area contributed by atoms with Crippen molar-refractivity contribution in [3.05, 3.63) is 63.9 Å². The lowest BCUT2D eigenvalue weighted by Crippen LogP contribution is -2.30. The van der Waals surface area contributed by atoms with Crippen molar-refractivity contribution >= 4 is 34.6 Å². The molecule has 3 aromatic rings. The maximum absolute atomic E-state index is 14.2. The number of ether oxygens (including phenoxy) is 2. The first-order chi connectivity index (χ1) is 14.9. The van der Waals surface area contributed by atoms with Gasteiger partial charge in [-0.1, -0.05) is 0 Å². The Morgan fingerprint density at radius 1 is 1.16 bits per heavy atom. The molecule has 31 heavy (non-hydrogen) atoms. The van der Waals surface area contributed by atoms with E-state index in [1.54, 1.807) is 31.4 Å². The average Bonchev–Trinajstić information content (AvgIpc) is 3.38. The van der Waals surface area contributed by atoms with Crippen molar-refractivity contribution in [3.63, 3.8) is 0 Å². The van der Waals surface area contributed by atoms with Gasteiger partial charge in [0.15, 0.2) is 11.5 Å². The van der Waals surface area contributed by atoms with Gasteiger partial charge < -0.3 is 25.0 Å². The molecule has 1 aliphatic rings. The molecule has 10 heteroatoms. The summed E-state index contributed by atoms with van der Waals surface area (Å²) in [7, 11) is 1.60. The second-order valence-electron chi connectivity index (χ2n) is 6.85. The molecule has 1 aliphatic heterocycles. The number of carbonyl (C=O) groups excluding carboxylic acids is 2. The molecule has 0 aliphatic carbocycles. The Bertz CT molecular complexity index is 1150. The summed E-state index contributed by atoms with van der Waals surface area (Å²) >= 11 is 1.49. The van der Waals surface area contributed by atoms with Crippen molar-refractivity contribution in [2.75, 3.05) is 24.5 Å². The van der Waals surface area contributed by atoms with Crippen LogP contribution in [0.25, 0.3) is 0 Å². The van der Waals surface area contributed by atoms with Crippen LogP contribution in [0.2, 0.25) is 0 Å². The summed E-state index contributed by atoms with van der Waals surface area (Å²) < 4.78 is 24.8. The van der Waals surface area contributed by atoms with Crippen LogP contribution in [0.3, 0.4) is 0 Å². The lowest BCUT2D eigenvalue weighted by Gasteiger charge is -2.17. The number of hydrogen-bond acceptors (Lipinski definition) is 6. The van der Waals surface area contributed by atoms with Crippen LogP contribution >= 0.6 is 11.3 Å². The molecule has 1 aromatic heterocycles. The quantitative estimate of drug-likeness (QED) is 0.617. The third kappa shape index (κ3) is 4.75. The SMILES string of the molecule is Cc1ncc(CN(C)C(=O)Nc2cc(NC(=O)c3ccc4c(c3)OCO4)ccc2F)s1. The molecule has 0 unspecified atom stereocenters. The summed E-state index contributed by atoms with van der Waals surface area (Å²) in [6, 6.07) is 8.29. The second kappa shape index (κ2) is 8.60. The molecule has 2 aromatic carbocycles. The first-order valence-corrected chi connectivity index (χ1v) is 10.1. The van der Waals surface area contributed by atoms with Crippen molar-refractivity contribution < 1.29 is 23.5 Å². The molecule has 2 heterocycles. The molecule has 0 atom stereocenters. The Hall–Kier alpha value is -3.66. The predicted molar refractivity (Wildman–Crippen MR) is 114 cm³/mol. The lowest BCUT2D eigenvalue weighted by atomic mass is 10.2. The highest BCUT2D eigenvalue weighted by Gasteiger charge is 2.17. The fraction of sp³-hybridized carbons (Fsp3) is 0.190. The standard InChI is InChI=1S/C21H19FN4O4S/c1-12-23-9-15(31-12)10-26(2)21(28)25-17-8-14(4-5-16(17)22)24-20(27)13-3-6-18-19(7-13)30-11-29-18/h3-9H,10-11H2,1-2H3,(H,24,27)(H,25,28). The minimum Gasteiger partial charge on any atom is -0.454 e. The number of thiazole rings is 1. The van der Waals surface area contributed by atoms with Gasteiger partial charge in [-0.2, -0.15) is 0 Å². The minimum atomic E-state index is -0.614. The number of rotatable bonds is 5. The van der Waals surface area contributed by atoms with Crippen molar-refractivity contribution in [2.45, 2.75) is 13.5 Å². The van der Waals surface area contributed by atoms with Gasteiger partial charge in [-0.05, 0) is 43.3 Å². The van der Waals surface area contributed by atoms with E-state index >= 15 is 0 Å². The number of benzene rings is 2. The van der Waals surface area contributed by atoms with Crippen molar-refractivity contribution in [2.24, 2.45) is 0 Å². The number of aromatic nitrogens is 1. The van der Waals surface area contributed by atoms with Gasteiger partial charge in [0, 0.05) is 29.4 Å². The van der Waals surface area contributed by atoms with Crippen LogP contribution in [0, 0.1) is 12.7 Å². The van der Waals surface area contributed by atoms with E-state index in [0.717, 1.165) is 9.88 Å². The lowest BCUT2D eigenvalue weighted by molar-refractivity contribution is 0.102. The Balaban J connectivity index is 1.43. The van der Waals surface area contributed by atoms with Gasteiger partial charge in [-0.15, -0.1) is 11.3 Å². The summed E-state index contributed by atoms with van der Waals surface area (Å²) in [6.07, 6.45) is 1.71. The molecule has 2 N–H and O–H groups in total. The number of carbonyl (C=O) groups is 2. The molecule has 0 bridgehead atoms. The number of anilines is 2. The Morgan fingerprint density at radius 3 is 2.74 bits per heavy atom. The third-order valence-corrected chi connectivity index (χ3v) is 5.41. The molecule has 0 saturated heterocycles. The topological polar surface area (TPSA) is 92.8 Å². The van der Waals surface area contributed by atoms with Crippen molar-refractivity contribution in [3.8, 4) is 11.5 Å². The van der Waals surface area contributed by atoms with E-state index in [1.807, 2.05) is 6.92 Å². The number of amides is 3. The summed E-state index contributed by atoms with van der Waals surface area (Å²) in [5.74, 6) is 0.0381. The van der Waals surface area contributed by atoms with Crippen LogP contribution < -0.4 is 20.1 Å². The number of hydrogen-bond donors (Lipinski definition) is 2. The highest BCUT2D eigenvalue weighted by molar-refractivity contribution is 7.11. The normalized spacial score (nSPS) is 11.8. The zero-order valence-corrected chi connectivity index (χ0v) is 17.6. The van der Waals surface area contributed by atoms with E-state index < -0.39 is 17.8 Å². The van der Waals surface area contributed by atoms with Gasteiger partial charge in [0.1, 0.15) is 5.82 Å². The summed E-state index contributed by atoms with van der Waals surface area (Å²) in [5.41, 5.74) is 0.652. The van der Waals surface area contributed by atoms with Crippen LogP contribution in [0.5, 0.6) is 11.5 Å². The molecular formula is C21H19FN4O4S. The van der Waals surface area contributed by atoms with Gasteiger partial charge in [0.05, 0.1) is 17.2 Å². The molecular weight excluding hydrogens is 423 g/mol. The molecule has 3 amide bonds. The van der Waals surface area contributed by atoms with Crippen LogP contribution in [0.1, 0.15) is 20.2 Å². The van der Waals surface area contributed by atoms with E-state index in [0.29, 0.717) is 29.3 Å². The number of urea groups is 1. The number of nitrogens with one attached hydrogen (secondary N) is 2. The van der Waals surface area contributed by atoms with Crippen LogP contribution in [-0.4, -0.2) is 35.7 Å². The smallest absolute Gasteiger partial charge is 0.321 e. The molecule has 8 nitrogen and oxygen atoms in total. The molecule has 0 saturated carbocycles. The van der Waals surface area contributed by atoms with Crippen LogP contribution in [0.4, 0.5) is 20.6 Å². The summed E-state index contributed by atoms with van der Waals surface area (Å²) in [4.78, 5) is 31.5. The van der Waals surface area contributed by atoms with Crippen molar-refractivity contribution in [1.82, 2.24) is 9.88 Å². The Labute approximate surface area is 181 Å². The highest BCUT2D eigenvalue weighted by atomic mass is 32.1. The first-order valence-electron chi connectivity index (χ1n) is 9.33. The van der Waals surface area contributed by atoms with E-state index in [9.17, 15) is 14.0 Å². The highest BCUT2D eigenvalue weighted by Crippen LogP contribution is 2.32. The monoisotopic (exact) mass is 442 g/mol. The average molecular weight is 442 g/mol. The third-order valence-electron chi connectivity index (χ3n) is 4.51. The molecule has 0 spiro atoms. The number of halogens is 1. The second-order valence-corrected chi connectivity index (χ2v) is 8.17. The zero-order valence-electron chi connectivity index (χ0n) is 16.8. The first kappa shape index (κ1) is 20.6. The maximum Gasteiger partial charge on any atom is 0.321 e. The van der Waals surface area contributed by atoms with Gasteiger partial charge in [-0.3, -0.25) is 4.79 Å². The Kier molecular flexibility index (Phi) is 5.72. The van der Waals surface area contributed by atoms with E-state index in [1.165, 1.54) is 34.4 Å². The van der Waals surface area contributed by atoms with Crippen LogP contribution in [0.15, 0.2) is 42.6 Å². The van der Waals surface area contributed by atoms with Gasteiger partial charge >= 0.3 is 6.03 Å². The van der Waals surface area contributed by atoms with E-state index in [4.69, 9.17) is 9.47 Å².